The molecule has 0 amide bonds. The highest BCUT2D eigenvalue weighted by molar-refractivity contribution is 5.72. The van der Waals surface area contributed by atoms with E-state index in [0.717, 1.165) is 0 Å². The molecule has 0 aromatic rings. The van der Waals surface area contributed by atoms with Gasteiger partial charge in [0.25, 0.3) is 0 Å². The third-order valence-electron chi connectivity index (χ3n) is 0.955. The van der Waals surface area contributed by atoms with Crippen LogP contribution >= 0.6 is 0 Å². The molecule has 0 saturated heterocycles. The number of aliphatic hydroxyl groups is 2. The number of carboxylic acids is 1. The van der Waals surface area contributed by atoms with E-state index in [1.54, 1.807) is 0 Å². The third-order valence-corrected chi connectivity index (χ3v) is 0.955. The summed E-state index contributed by atoms with van der Waals surface area (Å²) in [7, 11) is 1.30. The van der Waals surface area contributed by atoms with Gasteiger partial charge in [-0.1, -0.05) is 0 Å². The number of aliphatic carboxylic acids is 1. The Balaban J connectivity index is 3.69. The van der Waals surface area contributed by atoms with Crippen molar-refractivity contribution in [1.82, 2.24) is 0 Å². The zero-order valence-corrected chi connectivity index (χ0v) is 5.52. The van der Waals surface area contributed by atoms with Gasteiger partial charge in [-0.05, 0) is 0 Å². The average Bonchev–Trinajstić information content (AvgIpc) is 1.87. The van der Waals surface area contributed by atoms with Crippen molar-refractivity contribution in [3.8, 4) is 0 Å². The zero-order valence-electron chi connectivity index (χ0n) is 5.52. The topological polar surface area (TPSA) is 87.0 Å². The SMILES string of the molecule is COCC(O)C(O)C(=O)O. The molecule has 3 N–H and O–H groups in total. The summed E-state index contributed by atoms with van der Waals surface area (Å²) in [6, 6.07) is 0. The predicted molar refractivity (Wildman–Crippen MR) is 31.5 cm³/mol. The molecule has 5 heteroatoms. The summed E-state index contributed by atoms with van der Waals surface area (Å²) in [4.78, 5) is 9.95. The van der Waals surface area contributed by atoms with E-state index in [0.29, 0.717) is 0 Å². The Morgan fingerprint density at radius 1 is 1.60 bits per heavy atom. The lowest BCUT2D eigenvalue weighted by Crippen LogP contribution is -2.36. The van der Waals surface area contributed by atoms with Crippen LogP contribution < -0.4 is 0 Å². The van der Waals surface area contributed by atoms with Crippen molar-refractivity contribution in [1.29, 1.82) is 0 Å². The highest BCUT2D eigenvalue weighted by Gasteiger charge is 2.22. The van der Waals surface area contributed by atoms with Gasteiger partial charge in [0.1, 0.15) is 6.10 Å². The van der Waals surface area contributed by atoms with Crippen LogP contribution in [0.2, 0.25) is 0 Å². The zero-order chi connectivity index (χ0) is 8.15. The Morgan fingerprint density at radius 2 is 2.10 bits per heavy atom. The van der Waals surface area contributed by atoms with Gasteiger partial charge in [-0.15, -0.1) is 0 Å². The van der Waals surface area contributed by atoms with Crippen LogP contribution in [0.25, 0.3) is 0 Å². The van der Waals surface area contributed by atoms with Gasteiger partial charge in [-0.2, -0.15) is 0 Å². The smallest absolute Gasteiger partial charge is 0.335 e. The van der Waals surface area contributed by atoms with Gasteiger partial charge in [-0.25, -0.2) is 4.79 Å². The molecule has 0 heterocycles. The molecule has 5 nitrogen and oxygen atoms in total. The Bertz CT molecular complexity index is 113. The Hall–Kier alpha value is -0.650. The first-order chi connectivity index (χ1) is 4.59. The molecular weight excluding hydrogens is 140 g/mol. The van der Waals surface area contributed by atoms with E-state index >= 15 is 0 Å². The monoisotopic (exact) mass is 150 g/mol. The number of ether oxygens (including phenoxy) is 1. The number of carbonyl (C=O) groups is 1. The second kappa shape index (κ2) is 4.21. The number of hydrogen-bond acceptors (Lipinski definition) is 4. The molecular formula is C5H10O5. The van der Waals surface area contributed by atoms with Gasteiger partial charge in [-0.3, -0.25) is 0 Å². The molecule has 2 atom stereocenters. The van der Waals surface area contributed by atoms with Crippen LogP contribution in [0.5, 0.6) is 0 Å². The molecule has 0 aliphatic carbocycles. The van der Waals surface area contributed by atoms with E-state index < -0.39 is 18.2 Å². The second-order valence-corrected chi connectivity index (χ2v) is 1.81. The minimum atomic E-state index is -1.76. The minimum Gasteiger partial charge on any atom is -0.479 e. The van der Waals surface area contributed by atoms with Crippen molar-refractivity contribution < 1.29 is 24.9 Å². The Kier molecular flexibility index (Phi) is 3.94. The maximum Gasteiger partial charge on any atom is 0.335 e. The van der Waals surface area contributed by atoms with Gasteiger partial charge in [0, 0.05) is 7.11 Å². The first-order valence-electron chi connectivity index (χ1n) is 2.67. The van der Waals surface area contributed by atoms with E-state index in [9.17, 15) is 4.79 Å². The van der Waals surface area contributed by atoms with Gasteiger partial charge < -0.3 is 20.1 Å². The van der Waals surface area contributed by atoms with Crippen LogP contribution in [0.4, 0.5) is 0 Å². The fraction of sp³-hybridized carbons (Fsp3) is 0.800. The maximum absolute atomic E-state index is 9.95. The van der Waals surface area contributed by atoms with Gasteiger partial charge >= 0.3 is 5.97 Å². The van der Waals surface area contributed by atoms with E-state index in [1.807, 2.05) is 0 Å². The van der Waals surface area contributed by atoms with E-state index in [4.69, 9.17) is 15.3 Å². The fourth-order valence-corrected chi connectivity index (χ4v) is 0.426. The molecule has 0 aliphatic rings. The lowest BCUT2D eigenvalue weighted by atomic mass is 10.2. The number of hydrogen-bond donors (Lipinski definition) is 3. The van der Waals surface area contributed by atoms with Crippen LogP contribution in [0.1, 0.15) is 0 Å². The van der Waals surface area contributed by atoms with Crippen molar-refractivity contribution in [2.24, 2.45) is 0 Å². The molecule has 0 aromatic heterocycles. The van der Waals surface area contributed by atoms with E-state index in [1.165, 1.54) is 7.11 Å². The quantitative estimate of drug-likeness (QED) is 0.451. The number of carboxylic acid groups (broad SMARTS) is 1. The Labute approximate surface area is 57.9 Å². The maximum atomic E-state index is 9.95. The molecule has 0 aromatic carbocycles. The molecule has 0 fully saturated rings. The van der Waals surface area contributed by atoms with E-state index in [2.05, 4.69) is 4.74 Å². The van der Waals surface area contributed by atoms with Crippen LogP contribution in [0.3, 0.4) is 0 Å². The number of rotatable bonds is 4. The summed E-state index contributed by atoms with van der Waals surface area (Å²) in [5, 5.41) is 25.4. The largest absolute Gasteiger partial charge is 0.479 e. The predicted octanol–water partition coefficient (Wildman–Crippen LogP) is -1.56. The number of methoxy groups -OCH3 is 1. The first-order valence-corrected chi connectivity index (χ1v) is 2.67. The normalized spacial score (nSPS) is 16.3. The molecule has 60 valence electrons. The summed E-state index contributed by atoms with van der Waals surface area (Å²) in [6.45, 7) is -0.187. The molecule has 2 unspecified atom stereocenters. The summed E-state index contributed by atoms with van der Waals surface area (Å²) >= 11 is 0. The van der Waals surface area contributed by atoms with Crippen molar-refractivity contribution in [3.63, 3.8) is 0 Å². The Morgan fingerprint density at radius 3 is 2.40 bits per heavy atom. The standard InChI is InChI=1S/C5H10O5/c1-10-2-3(6)4(7)5(8)9/h3-4,6-7H,2H2,1H3,(H,8,9). The highest BCUT2D eigenvalue weighted by Crippen LogP contribution is 1.93. The summed E-state index contributed by atoms with van der Waals surface area (Å²) in [5.41, 5.74) is 0. The average molecular weight is 150 g/mol. The van der Waals surface area contributed by atoms with Crippen LogP contribution in [-0.2, 0) is 9.53 Å². The van der Waals surface area contributed by atoms with Gasteiger partial charge in [0.2, 0.25) is 0 Å². The van der Waals surface area contributed by atoms with Crippen LogP contribution in [0.15, 0.2) is 0 Å². The highest BCUT2D eigenvalue weighted by atomic mass is 16.5. The van der Waals surface area contributed by atoms with Crippen molar-refractivity contribution in [2.75, 3.05) is 13.7 Å². The molecule has 0 rings (SSSR count). The fourth-order valence-electron chi connectivity index (χ4n) is 0.426. The molecule has 0 spiro atoms. The second-order valence-electron chi connectivity index (χ2n) is 1.81. The molecule has 0 saturated carbocycles. The number of aliphatic hydroxyl groups excluding tert-OH is 2. The third kappa shape index (κ3) is 2.77. The lowest BCUT2D eigenvalue weighted by molar-refractivity contribution is -0.154. The molecule has 10 heavy (non-hydrogen) atoms. The lowest BCUT2D eigenvalue weighted by Gasteiger charge is -2.11. The van der Waals surface area contributed by atoms with Crippen molar-refractivity contribution in [3.05, 3.63) is 0 Å². The van der Waals surface area contributed by atoms with Gasteiger partial charge in [0.05, 0.1) is 6.61 Å². The summed E-state index contributed by atoms with van der Waals surface area (Å²) in [5.74, 6) is -1.45. The molecule has 0 radical (unpaired) electrons. The summed E-state index contributed by atoms with van der Waals surface area (Å²) in [6.07, 6.45) is -3.12. The van der Waals surface area contributed by atoms with Gasteiger partial charge in [0.15, 0.2) is 6.10 Å². The minimum absolute atomic E-state index is 0.187. The van der Waals surface area contributed by atoms with E-state index in [-0.39, 0.29) is 6.61 Å². The molecule has 0 aliphatic heterocycles. The van der Waals surface area contributed by atoms with Crippen molar-refractivity contribution in [2.45, 2.75) is 12.2 Å². The van der Waals surface area contributed by atoms with Crippen molar-refractivity contribution >= 4 is 5.97 Å². The van der Waals surface area contributed by atoms with Crippen LogP contribution in [-0.4, -0.2) is 47.2 Å². The molecule has 0 bridgehead atoms. The summed E-state index contributed by atoms with van der Waals surface area (Å²) < 4.78 is 4.40. The van der Waals surface area contributed by atoms with Crippen LogP contribution in [0, 0.1) is 0 Å². The first kappa shape index (κ1) is 9.35.